The number of rotatable bonds is 2. The molecule has 3 N–H and O–H groups in total. The largest absolute Gasteiger partial charge is 0.392 e. The lowest BCUT2D eigenvalue weighted by Gasteiger charge is -2.40. The van der Waals surface area contributed by atoms with E-state index in [1.807, 2.05) is 12.1 Å². The number of benzene rings is 1. The highest BCUT2D eigenvalue weighted by molar-refractivity contribution is 5.64. The number of piperidine rings is 1. The minimum atomic E-state index is 0.0467. The fourth-order valence-corrected chi connectivity index (χ4v) is 5.17. The van der Waals surface area contributed by atoms with Crippen molar-refractivity contribution in [2.24, 2.45) is 0 Å². The summed E-state index contributed by atoms with van der Waals surface area (Å²) in [6, 6.07) is 6.15. The molecule has 0 bridgehead atoms. The maximum Gasteiger partial charge on any atom is 0.255 e. The van der Waals surface area contributed by atoms with E-state index in [0.29, 0.717) is 0 Å². The van der Waals surface area contributed by atoms with Crippen molar-refractivity contribution in [1.29, 1.82) is 0 Å². The van der Waals surface area contributed by atoms with Crippen LogP contribution < -0.4 is 15.8 Å². The Hall–Kier alpha value is -2.34. The van der Waals surface area contributed by atoms with Gasteiger partial charge in [-0.25, -0.2) is 4.98 Å². The van der Waals surface area contributed by atoms with Gasteiger partial charge < -0.3 is 15.3 Å². The predicted octanol–water partition coefficient (Wildman–Crippen LogP) is 2.10. The van der Waals surface area contributed by atoms with E-state index in [2.05, 4.69) is 21.3 Å². The number of nitrogens with zero attached hydrogens (tertiary/aromatic N) is 2. The summed E-state index contributed by atoms with van der Waals surface area (Å²) >= 11 is 0. The molecule has 1 saturated heterocycles. The van der Waals surface area contributed by atoms with Crippen molar-refractivity contribution < 1.29 is 5.11 Å². The van der Waals surface area contributed by atoms with Gasteiger partial charge in [-0.15, -0.1) is 0 Å². The lowest BCUT2D eigenvalue weighted by Crippen LogP contribution is -2.45. The van der Waals surface area contributed by atoms with Crippen molar-refractivity contribution in [2.45, 2.75) is 50.5 Å². The lowest BCUT2D eigenvalue weighted by molar-refractivity contribution is 0.274. The number of hydrogen-bond acceptors (Lipinski definition) is 5. The highest BCUT2D eigenvalue weighted by Crippen LogP contribution is 2.46. The molecule has 2 aromatic rings. The Balaban J connectivity index is 1.41. The van der Waals surface area contributed by atoms with Gasteiger partial charge in [0, 0.05) is 36.3 Å². The molecule has 1 spiro atoms. The molecule has 5 rings (SSSR count). The molecule has 6 heteroatoms. The minimum absolute atomic E-state index is 0.0467. The summed E-state index contributed by atoms with van der Waals surface area (Å²) in [6.45, 7) is 2.72. The number of anilines is 2. The van der Waals surface area contributed by atoms with Crippen molar-refractivity contribution in [3.8, 4) is 0 Å². The van der Waals surface area contributed by atoms with Crippen molar-refractivity contribution in [3.63, 3.8) is 0 Å². The average molecular weight is 366 g/mol. The van der Waals surface area contributed by atoms with Crippen LogP contribution in [0.25, 0.3) is 0 Å². The Morgan fingerprint density at radius 1 is 1.19 bits per heavy atom. The molecule has 2 aliphatic heterocycles. The summed E-state index contributed by atoms with van der Waals surface area (Å²) in [6.07, 6.45) is 5.96. The van der Waals surface area contributed by atoms with Crippen LogP contribution in [-0.2, 0) is 24.9 Å². The summed E-state index contributed by atoms with van der Waals surface area (Å²) < 4.78 is 0. The van der Waals surface area contributed by atoms with Gasteiger partial charge in [0.2, 0.25) is 5.95 Å². The molecule has 1 fully saturated rings. The van der Waals surface area contributed by atoms with Crippen LogP contribution in [0.2, 0.25) is 0 Å². The van der Waals surface area contributed by atoms with E-state index in [1.54, 1.807) is 0 Å². The Kier molecular flexibility index (Phi) is 3.97. The third kappa shape index (κ3) is 2.65. The molecular formula is C21H26N4O2. The average Bonchev–Trinajstić information content (AvgIpc) is 3.07. The highest BCUT2D eigenvalue weighted by Gasteiger charge is 2.43. The predicted molar refractivity (Wildman–Crippen MR) is 105 cm³/mol. The van der Waals surface area contributed by atoms with Gasteiger partial charge in [0.25, 0.3) is 5.56 Å². The minimum Gasteiger partial charge on any atom is -0.392 e. The van der Waals surface area contributed by atoms with Gasteiger partial charge in [0.15, 0.2) is 0 Å². The zero-order chi connectivity index (χ0) is 18.4. The second-order valence-electron chi connectivity index (χ2n) is 8.14. The summed E-state index contributed by atoms with van der Waals surface area (Å²) in [5.74, 6) is 0.733. The molecule has 1 aliphatic carbocycles. The van der Waals surface area contributed by atoms with Crippen LogP contribution in [0.3, 0.4) is 0 Å². The number of aryl methyl sites for hydroxylation is 1. The topological polar surface area (TPSA) is 81.2 Å². The number of aliphatic hydroxyl groups excluding tert-OH is 1. The molecular weight excluding hydrogens is 340 g/mol. The van der Waals surface area contributed by atoms with Crippen LogP contribution in [0, 0.1) is 0 Å². The van der Waals surface area contributed by atoms with E-state index in [4.69, 9.17) is 4.98 Å². The molecule has 3 aliphatic rings. The van der Waals surface area contributed by atoms with Crippen LogP contribution in [0.15, 0.2) is 23.0 Å². The SMILES string of the molecule is O=c1[nH]c(N2CCC3(CC2)CNc2cccc(CO)c23)nc2c1CCCC2. The monoisotopic (exact) mass is 366 g/mol. The van der Waals surface area contributed by atoms with Crippen LogP contribution in [0.1, 0.15) is 48.1 Å². The Morgan fingerprint density at radius 3 is 2.81 bits per heavy atom. The van der Waals surface area contributed by atoms with Gasteiger partial charge >= 0.3 is 0 Å². The number of aliphatic hydroxyl groups is 1. The first-order chi connectivity index (χ1) is 13.2. The van der Waals surface area contributed by atoms with E-state index in [-0.39, 0.29) is 17.6 Å². The maximum atomic E-state index is 12.5. The van der Waals surface area contributed by atoms with Gasteiger partial charge in [0.1, 0.15) is 0 Å². The Labute approximate surface area is 158 Å². The second kappa shape index (κ2) is 6.37. The molecule has 142 valence electrons. The maximum absolute atomic E-state index is 12.5. The first-order valence-electron chi connectivity index (χ1n) is 10.0. The van der Waals surface area contributed by atoms with E-state index >= 15 is 0 Å². The van der Waals surface area contributed by atoms with Crippen molar-refractivity contribution in [1.82, 2.24) is 9.97 Å². The van der Waals surface area contributed by atoms with Crippen molar-refractivity contribution >= 4 is 11.6 Å². The molecule has 0 radical (unpaired) electrons. The van der Waals surface area contributed by atoms with E-state index in [1.165, 1.54) is 5.56 Å². The van der Waals surface area contributed by atoms with Crippen molar-refractivity contribution in [3.05, 3.63) is 50.9 Å². The molecule has 0 amide bonds. The number of nitrogens with one attached hydrogen (secondary N) is 2. The van der Waals surface area contributed by atoms with Crippen LogP contribution in [0.4, 0.5) is 11.6 Å². The quantitative estimate of drug-likeness (QED) is 0.758. The zero-order valence-electron chi connectivity index (χ0n) is 15.6. The molecule has 0 saturated carbocycles. The smallest absolute Gasteiger partial charge is 0.255 e. The normalized spacial score (nSPS) is 20.3. The number of hydrogen-bond donors (Lipinski definition) is 3. The first-order valence-corrected chi connectivity index (χ1v) is 10.0. The summed E-state index contributed by atoms with van der Waals surface area (Å²) in [7, 11) is 0. The standard InChI is InChI=1S/C21H26N4O2/c26-12-14-4-3-7-17-18(14)21(13-22-17)8-10-25(11-9-21)20-23-16-6-2-1-5-15(16)19(27)24-20/h3-4,7,22,26H,1-2,5-6,8-13H2,(H,23,24,27). The highest BCUT2D eigenvalue weighted by atomic mass is 16.3. The number of H-pyrrole nitrogens is 1. The third-order valence-electron chi connectivity index (χ3n) is 6.67. The van der Waals surface area contributed by atoms with Gasteiger partial charge in [0.05, 0.1) is 12.3 Å². The Morgan fingerprint density at radius 2 is 2.00 bits per heavy atom. The van der Waals surface area contributed by atoms with Crippen LogP contribution >= 0.6 is 0 Å². The molecule has 3 heterocycles. The van der Waals surface area contributed by atoms with Gasteiger partial charge in [-0.1, -0.05) is 12.1 Å². The van der Waals surface area contributed by atoms with E-state index in [0.717, 1.165) is 86.6 Å². The zero-order valence-corrected chi connectivity index (χ0v) is 15.6. The number of aromatic amines is 1. The molecule has 1 aromatic heterocycles. The second-order valence-corrected chi connectivity index (χ2v) is 8.14. The summed E-state index contributed by atoms with van der Waals surface area (Å²) in [4.78, 5) is 22.5. The van der Waals surface area contributed by atoms with Crippen molar-refractivity contribution in [2.75, 3.05) is 29.9 Å². The lowest BCUT2D eigenvalue weighted by atomic mass is 9.72. The first kappa shape index (κ1) is 16.8. The molecule has 0 unspecified atom stereocenters. The van der Waals surface area contributed by atoms with E-state index in [9.17, 15) is 9.90 Å². The molecule has 6 nitrogen and oxygen atoms in total. The summed E-state index contributed by atoms with van der Waals surface area (Å²) in [5, 5.41) is 13.3. The summed E-state index contributed by atoms with van der Waals surface area (Å²) in [5.41, 5.74) is 5.49. The van der Waals surface area contributed by atoms with Crippen LogP contribution in [0.5, 0.6) is 0 Å². The van der Waals surface area contributed by atoms with Gasteiger partial charge in [-0.2, -0.15) is 0 Å². The third-order valence-corrected chi connectivity index (χ3v) is 6.67. The van der Waals surface area contributed by atoms with Gasteiger partial charge in [-0.3, -0.25) is 9.78 Å². The molecule has 27 heavy (non-hydrogen) atoms. The van der Waals surface area contributed by atoms with Crippen LogP contribution in [-0.4, -0.2) is 34.7 Å². The Bertz CT molecular complexity index is 928. The van der Waals surface area contributed by atoms with E-state index < -0.39 is 0 Å². The number of fused-ring (bicyclic) bond motifs is 3. The fourth-order valence-electron chi connectivity index (χ4n) is 5.17. The molecule has 0 atom stereocenters. The molecule has 1 aromatic carbocycles. The van der Waals surface area contributed by atoms with Gasteiger partial charge in [-0.05, 0) is 55.7 Å². The number of aromatic nitrogens is 2. The fraction of sp³-hybridized carbons (Fsp3) is 0.524.